The van der Waals surface area contributed by atoms with Crippen molar-refractivity contribution in [1.29, 1.82) is 0 Å². The van der Waals surface area contributed by atoms with E-state index in [4.69, 9.17) is 9.40 Å². The maximum atomic E-state index is 6.24. The topological polar surface area (TPSA) is 26.0 Å². The van der Waals surface area contributed by atoms with Gasteiger partial charge in [-0.05, 0) is 79.7 Å². The molecule has 0 bridgehead atoms. The zero-order valence-corrected chi connectivity index (χ0v) is 28.8. The predicted octanol–water partition coefficient (Wildman–Crippen LogP) is 14.3. The van der Waals surface area contributed by atoms with E-state index in [0.717, 1.165) is 33.4 Å². The Labute approximate surface area is 303 Å². The normalized spacial score (nSPS) is 11.8. The SMILES string of the molecule is c1ccc(-c2ccc(-c3c4ccccc4c(-c4ccc(-c5cccc6sc7c(ccc8oc9ccccc9c87)c56)nc4)c4ccccc34)cc2)cc1. The van der Waals surface area contributed by atoms with E-state index < -0.39 is 0 Å². The third kappa shape index (κ3) is 4.40. The molecule has 8 aromatic carbocycles. The fraction of sp³-hybridized carbons (Fsp3) is 0. The second-order valence-corrected chi connectivity index (χ2v) is 14.5. The van der Waals surface area contributed by atoms with Crippen LogP contribution in [0.25, 0.3) is 108 Å². The highest BCUT2D eigenvalue weighted by atomic mass is 32.1. The molecule has 0 saturated carbocycles. The van der Waals surface area contributed by atoms with Gasteiger partial charge < -0.3 is 4.42 Å². The molecule has 0 N–H and O–H groups in total. The minimum absolute atomic E-state index is 0.925. The summed E-state index contributed by atoms with van der Waals surface area (Å²) in [7, 11) is 0. The Morgan fingerprint density at radius 2 is 0.981 bits per heavy atom. The van der Waals surface area contributed by atoms with E-state index in [2.05, 4.69) is 170 Å². The number of pyridine rings is 1. The fourth-order valence-electron chi connectivity index (χ4n) is 8.22. The van der Waals surface area contributed by atoms with Gasteiger partial charge in [0.25, 0.3) is 0 Å². The number of aromatic nitrogens is 1. The van der Waals surface area contributed by atoms with Gasteiger partial charge in [-0.1, -0.05) is 140 Å². The summed E-state index contributed by atoms with van der Waals surface area (Å²) >= 11 is 1.83. The van der Waals surface area contributed by atoms with Crippen molar-refractivity contribution >= 4 is 75.0 Å². The molecule has 52 heavy (non-hydrogen) atoms. The number of rotatable bonds is 4. The van der Waals surface area contributed by atoms with Gasteiger partial charge in [0.1, 0.15) is 11.2 Å². The number of fused-ring (bicyclic) bond motifs is 9. The lowest BCUT2D eigenvalue weighted by atomic mass is 9.86. The third-order valence-electron chi connectivity index (χ3n) is 10.5. The molecule has 0 amide bonds. The zero-order chi connectivity index (χ0) is 34.2. The maximum absolute atomic E-state index is 6.24. The highest BCUT2D eigenvalue weighted by Crippen LogP contribution is 2.47. The van der Waals surface area contributed by atoms with E-state index in [0.29, 0.717) is 0 Å². The minimum Gasteiger partial charge on any atom is -0.456 e. The highest BCUT2D eigenvalue weighted by molar-refractivity contribution is 7.27. The van der Waals surface area contributed by atoms with Gasteiger partial charge in [0.15, 0.2) is 0 Å². The van der Waals surface area contributed by atoms with Crippen molar-refractivity contribution in [2.75, 3.05) is 0 Å². The quantitative estimate of drug-likeness (QED) is 0.173. The molecule has 3 aromatic heterocycles. The Bertz CT molecular complexity index is 3100. The summed E-state index contributed by atoms with van der Waals surface area (Å²) in [6, 6.07) is 60.9. The summed E-state index contributed by atoms with van der Waals surface area (Å²) in [6.45, 7) is 0. The number of hydrogen-bond donors (Lipinski definition) is 0. The van der Waals surface area contributed by atoms with Crippen LogP contribution in [0.3, 0.4) is 0 Å². The monoisotopic (exact) mass is 679 g/mol. The van der Waals surface area contributed by atoms with Crippen LogP contribution in [0.15, 0.2) is 180 Å². The van der Waals surface area contributed by atoms with Crippen LogP contribution in [0.2, 0.25) is 0 Å². The molecule has 11 rings (SSSR count). The van der Waals surface area contributed by atoms with Crippen LogP contribution in [0, 0.1) is 0 Å². The first-order valence-corrected chi connectivity index (χ1v) is 18.4. The molecule has 0 aliphatic heterocycles. The van der Waals surface area contributed by atoms with Gasteiger partial charge in [-0.3, -0.25) is 4.98 Å². The summed E-state index contributed by atoms with van der Waals surface area (Å²) in [5.74, 6) is 0. The summed E-state index contributed by atoms with van der Waals surface area (Å²) in [6.07, 6.45) is 2.06. The maximum Gasteiger partial charge on any atom is 0.136 e. The van der Waals surface area contributed by atoms with Crippen molar-refractivity contribution in [3.05, 3.63) is 176 Å². The molecule has 0 unspecified atom stereocenters. The van der Waals surface area contributed by atoms with Crippen LogP contribution >= 0.6 is 11.3 Å². The van der Waals surface area contributed by atoms with E-state index in [9.17, 15) is 0 Å². The molecule has 11 aromatic rings. The largest absolute Gasteiger partial charge is 0.456 e. The summed E-state index contributed by atoms with van der Waals surface area (Å²) in [5.41, 5.74) is 11.2. The molecule has 0 fully saturated rings. The second-order valence-electron chi connectivity index (χ2n) is 13.4. The lowest BCUT2D eigenvalue weighted by molar-refractivity contribution is 0.669. The lowest BCUT2D eigenvalue weighted by Gasteiger charge is -2.18. The molecule has 0 spiro atoms. The van der Waals surface area contributed by atoms with Crippen LogP contribution in [0.5, 0.6) is 0 Å². The average Bonchev–Trinajstić information content (AvgIpc) is 3.79. The molecule has 3 heteroatoms. The van der Waals surface area contributed by atoms with Gasteiger partial charge in [-0.15, -0.1) is 11.3 Å². The summed E-state index contributed by atoms with van der Waals surface area (Å²) in [5, 5.41) is 9.76. The van der Waals surface area contributed by atoms with Crippen molar-refractivity contribution in [3.8, 4) is 44.6 Å². The lowest BCUT2D eigenvalue weighted by Crippen LogP contribution is -1.92. The Kier molecular flexibility index (Phi) is 6.46. The van der Waals surface area contributed by atoms with E-state index in [-0.39, 0.29) is 0 Å². The Balaban J connectivity index is 1.06. The van der Waals surface area contributed by atoms with Gasteiger partial charge in [-0.25, -0.2) is 0 Å². The van der Waals surface area contributed by atoms with Crippen LogP contribution in [-0.2, 0) is 0 Å². The van der Waals surface area contributed by atoms with Gasteiger partial charge in [0, 0.05) is 48.3 Å². The van der Waals surface area contributed by atoms with Crippen molar-refractivity contribution in [2.45, 2.75) is 0 Å². The smallest absolute Gasteiger partial charge is 0.136 e. The number of thiophene rings is 1. The fourth-order valence-corrected chi connectivity index (χ4v) is 9.50. The predicted molar refractivity (Wildman–Crippen MR) is 221 cm³/mol. The molecule has 0 radical (unpaired) electrons. The molecular weight excluding hydrogens is 651 g/mol. The van der Waals surface area contributed by atoms with Gasteiger partial charge in [-0.2, -0.15) is 0 Å². The first kappa shape index (κ1) is 29.2. The summed E-state index contributed by atoms with van der Waals surface area (Å²) < 4.78 is 8.74. The van der Waals surface area contributed by atoms with Crippen molar-refractivity contribution in [3.63, 3.8) is 0 Å². The minimum atomic E-state index is 0.925. The number of furan rings is 1. The molecular formula is C49H29NOS. The molecule has 0 atom stereocenters. The second kappa shape index (κ2) is 11.5. The van der Waals surface area contributed by atoms with Crippen molar-refractivity contribution in [2.24, 2.45) is 0 Å². The van der Waals surface area contributed by atoms with Crippen molar-refractivity contribution < 1.29 is 4.42 Å². The van der Waals surface area contributed by atoms with Crippen LogP contribution in [0.1, 0.15) is 0 Å². The van der Waals surface area contributed by atoms with E-state index in [1.165, 1.54) is 74.9 Å². The van der Waals surface area contributed by atoms with Crippen LogP contribution in [-0.4, -0.2) is 4.98 Å². The highest BCUT2D eigenvalue weighted by Gasteiger charge is 2.19. The third-order valence-corrected chi connectivity index (χ3v) is 11.7. The van der Waals surface area contributed by atoms with Crippen LogP contribution in [0.4, 0.5) is 0 Å². The standard InChI is InChI=1S/C49H29NOS/c1-2-11-30(12-3-1)31-21-23-32(24-22-31)45-34-13-4-6-15-36(34)46(37-16-7-5-14-35(37)45)33-25-27-41(50-29-33)38-18-10-20-44-47(38)40-26-28-43-48(49(40)52-44)39-17-8-9-19-42(39)51-43/h1-29H. The number of benzene rings is 8. The molecule has 3 heterocycles. The van der Waals surface area contributed by atoms with Gasteiger partial charge >= 0.3 is 0 Å². The molecule has 0 saturated heterocycles. The Morgan fingerprint density at radius 1 is 0.385 bits per heavy atom. The van der Waals surface area contributed by atoms with E-state index in [1.807, 2.05) is 17.4 Å². The molecule has 0 aliphatic carbocycles. The first-order valence-electron chi connectivity index (χ1n) is 17.6. The van der Waals surface area contributed by atoms with E-state index >= 15 is 0 Å². The first-order chi connectivity index (χ1) is 25.8. The number of para-hydroxylation sites is 1. The van der Waals surface area contributed by atoms with Crippen LogP contribution < -0.4 is 0 Å². The molecule has 2 nitrogen and oxygen atoms in total. The number of nitrogens with zero attached hydrogens (tertiary/aromatic N) is 1. The average molecular weight is 680 g/mol. The van der Waals surface area contributed by atoms with E-state index in [1.54, 1.807) is 0 Å². The Hall–Kier alpha value is -6.55. The molecule has 242 valence electrons. The Morgan fingerprint density at radius 3 is 1.67 bits per heavy atom. The van der Waals surface area contributed by atoms with Gasteiger partial charge in [0.05, 0.1) is 5.69 Å². The van der Waals surface area contributed by atoms with Gasteiger partial charge in [0.2, 0.25) is 0 Å². The molecule has 0 aliphatic rings. The number of hydrogen-bond acceptors (Lipinski definition) is 3. The zero-order valence-electron chi connectivity index (χ0n) is 28.0. The summed E-state index contributed by atoms with van der Waals surface area (Å²) in [4.78, 5) is 5.18. The van der Waals surface area contributed by atoms with Crippen molar-refractivity contribution in [1.82, 2.24) is 4.98 Å².